The Kier molecular flexibility index (Phi) is 5.77. The van der Waals surface area contributed by atoms with Gasteiger partial charge in [0.25, 0.3) is 0 Å². The number of hydrogen-bond donors (Lipinski definition) is 1. The van der Waals surface area contributed by atoms with Crippen molar-refractivity contribution in [2.24, 2.45) is 5.92 Å². The van der Waals surface area contributed by atoms with Crippen molar-refractivity contribution in [3.63, 3.8) is 0 Å². The zero-order valence-electron chi connectivity index (χ0n) is 11.4. The number of likely N-dealkylation sites (tertiary alicyclic amines) is 1. The van der Waals surface area contributed by atoms with E-state index in [0.717, 1.165) is 12.0 Å². The van der Waals surface area contributed by atoms with Gasteiger partial charge in [0.15, 0.2) is 0 Å². The summed E-state index contributed by atoms with van der Waals surface area (Å²) in [5, 5.41) is 4.28. The number of hydrogen-bond acceptors (Lipinski definition) is 2. The van der Waals surface area contributed by atoms with Crippen molar-refractivity contribution in [3.8, 4) is 0 Å². The fourth-order valence-electron chi connectivity index (χ4n) is 2.55. The van der Waals surface area contributed by atoms with Crippen molar-refractivity contribution in [1.29, 1.82) is 0 Å². The Hall–Kier alpha value is -0.490. The average molecular weight is 341 g/mol. The fraction of sp³-hybridized carbons (Fsp3) is 0.571. The van der Waals surface area contributed by atoms with Crippen LogP contribution >= 0.6 is 23.2 Å². The van der Waals surface area contributed by atoms with Gasteiger partial charge < -0.3 is 5.32 Å². The lowest BCUT2D eigenvalue weighted by Crippen LogP contribution is -2.33. The van der Waals surface area contributed by atoms with Crippen LogP contribution in [0.2, 0.25) is 10.0 Å². The van der Waals surface area contributed by atoms with E-state index in [4.69, 9.17) is 23.2 Å². The first kappa shape index (κ1) is 16.9. The summed E-state index contributed by atoms with van der Waals surface area (Å²) in [7, 11) is 0. The predicted octanol–water partition coefficient (Wildman–Crippen LogP) is 3.97. The zero-order chi connectivity index (χ0) is 15.5. The normalized spacial score (nSPS) is 20.1. The van der Waals surface area contributed by atoms with Crippen LogP contribution in [0.5, 0.6) is 0 Å². The lowest BCUT2D eigenvalue weighted by Gasteiger charge is -2.18. The molecule has 1 aliphatic rings. The first-order chi connectivity index (χ1) is 9.83. The van der Waals surface area contributed by atoms with Crippen LogP contribution in [0, 0.1) is 5.92 Å². The summed E-state index contributed by atoms with van der Waals surface area (Å²) in [6.45, 7) is 1.53. The van der Waals surface area contributed by atoms with Crippen LogP contribution in [-0.2, 0) is 6.54 Å². The van der Waals surface area contributed by atoms with Crippen LogP contribution in [0.3, 0.4) is 0 Å². The topological polar surface area (TPSA) is 15.3 Å². The molecule has 1 unspecified atom stereocenters. The van der Waals surface area contributed by atoms with E-state index in [-0.39, 0.29) is 5.92 Å². The molecule has 1 aliphatic heterocycles. The SMILES string of the molecule is FC(F)(F)CN1CCC(CNCc2ccc(Cl)c(Cl)c2)C1. The van der Waals surface area contributed by atoms with Crippen molar-refractivity contribution < 1.29 is 13.2 Å². The number of halogens is 5. The van der Waals surface area contributed by atoms with Gasteiger partial charge in [-0.05, 0) is 43.1 Å². The third-order valence-corrected chi connectivity index (χ3v) is 4.26. The molecule has 1 atom stereocenters. The Morgan fingerprint density at radius 1 is 1.24 bits per heavy atom. The predicted molar refractivity (Wildman–Crippen MR) is 78.8 cm³/mol. The first-order valence-electron chi connectivity index (χ1n) is 6.77. The Balaban J connectivity index is 1.71. The van der Waals surface area contributed by atoms with Gasteiger partial charge in [0.2, 0.25) is 0 Å². The fourth-order valence-corrected chi connectivity index (χ4v) is 2.87. The molecule has 0 saturated carbocycles. The van der Waals surface area contributed by atoms with Crippen molar-refractivity contribution >= 4 is 23.2 Å². The quantitative estimate of drug-likeness (QED) is 0.872. The molecule has 1 heterocycles. The molecule has 7 heteroatoms. The molecule has 1 saturated heterocycles. The van der Waals surface area contributed by atoms with Gasteiger partial charge in [-0.3, -0.25) is 4.90 Å². The number of nitrogens with zero attached hydrogens (tertiary/aromatic N) is 1. The summed E-state index contributed by atoms with van der Waals surface area (Å²) in [6, 6.07) is 5.41. The standard InChI is InChI=1S/C14H17Cl2F3N2/c15-12-2-1-10(5-13(12)16)6-20-7-11-3-4-21(8-11)9-14(17,18)19/h1-2,5,11,20H,3-4,6-9H2. The summed E-state index contributed by atoms with van der Waals surface area (Å²) in [5.74, 6) is 0.259. The van der Waals surface area contributed by atoms with E-state index in [0.29, 0.717) is 36.2 Å². The average Bonchev–Trinajstić information content (AvgIpc) is 2.79. The van der Waals surface area contributed by atoms with Gasteiger partial charge in [-0.25, -0.2) is 0 Å². The lowest BCUT2D eigenvalue weighted by atomic mass is 10.1. The summed E-state index contributed by atoms with van der Waals surface area (Å²) in [6.07, 6.45) is -3.31. The molecule has 2 nitrogen and oxygen atoms in total. The van der Waals surface area contributed by atoms with E-state index in [1.54, 1.807) is 12.1 Å². The van der Waals surface area contributed by atoms with E-state index >= 15 is 0 Å². The van der Waals surface area contributed by atoms with Gasteiger partial charge in [0, 0.05) is 13.1 Å². The van der Waals surface area contributed by atoms with Gasteiger partial charge >= 0.3 is 6.18 Å². The molecule has 0 aliphatic carbocycles. The lowest BCUT2D eigenvalue weighted by molar-refractivity contribution is -0.143. The molecule has 2 rings (SSSR count). The molecular formula is C14H17Cl2F3N2. The summed E-state index contributed by atoms with van der Waals surface area (Å²) < 4.78 is 36.9. The maximum absolute atomic E-state index is 12.3. The van der Waals surface area contributed by atoms with Gasteiger partial charge in [-0.2, -0.15) is 13.2 Å². The van der Waals surface area contributed by atoms with Gasteiger partial charge in [-0.15, -0.1) is 0 Å². The van der Waals surface area contributed by atoms with Crippen LogP contribution in [0.4, 0.5) is 13.2 Å². The minimum atomic E-state index is -4.11. The molecule has 1 fully saturated rings. The smallest absolute Gasteiger partial charge is 0.312 e. The maximum Gasteiger partial charge on any atom is 0.401 e. The van der Waals surface area contributed by atoms with E-state index in [1.807, 2.05) is 6.07 Å². The van der Waals surface area contributed by atoms with E-state index in [1.165, 1.54) is 4.90 Å². The third-order valence-electron chi connectivity index (χ3n) is 3.52. The molecule has 0 bridgehead atoms. The van der Waals surface area contributed by atoms with Gasteiger partial charge in [-0.1, -0.05) is 29.3 Å². The highest BCUT2D eigenvalue weighted by molar-refractivity contribution is 6.42. The number of alkyl halides is 3. The highest BCUT2D eigenvalue weighted by Gasteiger charge is 2.34. The van der Waals surface area contributed by atoms with E-state index in [2.05, 4.69) is 5.32 Å². The molecule has 1 aromatic carbocycles. The van der Waals surface area contributed by atoms with E-state index in [9.17, 15) is 13.2 Å². The number of benzene rings is 1. The zero-order valence-corrected chi connectivity index (χ0v) is 12.9. The van der Waals surface area contributed by atoms with Crippen LogP contribution in [0.1, 0.15) is 12.0 Å². The summed E-state index contributed by atoms with van der Waals surface area (Å²) in [4.78, 5) is 1.46. The minimum absolute atomic E-state index is 0.259. The number of rotatable bonds is 5. The van der Waals surface area contributed by atoms with Crippen LogP contribution in [0.25, 0.3) is 0 Å². The second-order valence-electron chi connectivity index (χ2n) is 5.38. The molecule has 21 heavy (non-hydrogen) atoms. The largest absolute Gasteiger partial charge is 0.401 e. The van der Waals surface area contributed by atoms with Crippen molar-refractivity contribution in [1.82, 2.24) is 10.2 Å². The molecule has 0 amide bonds. The molecule has 1 aromatic rings. The molecule has 0 aromatic heterocycles. The highest BCUT2D eigenvalue weighted by Crippen LogP contribution is 2.24. The molecular weight excluding hydrogens is 324 g/mol. The molecule has 0 spiro atoms. The molecule has 1 N–H and O–H groups in total. The van der Waals surface area contributed by atoms with Crippen molar-refractivity contribution in [3.05, 3.63) is 33.8 Å². The van der Waals surface area contributed by atoms with Gasteiger partial charge in [0.1, 0.15) is 0 Å². The second-order valence-corrected chi connectivity index (χ2v) is 6.20. The molecule has 0 radical (unpaired) electrons. The Bertz CT molecular complexity index is 480. The summed E-state index contributed by atoms with van der Waals surface area (Å²) >= 11 is 11.8. The highest BCUT2D eigenvalue weighted by atomic mass is 35.5. The Labute approximate surface area is 132 Å². The summed E-state index contributed by atoms with van der Waals surface area (Å²) in [5.41, 5.74) is 1.01. The van der Waals surface area contributed by atoms with Crippen LogP contribution in [-0.4, -0.2) is 37.3 Å². The van der Waals surface area contributed by atoms with E-state index < -0.39 is 12.7 Å². The number of nitrogens with one attached hydrogen (secondary N) is 1. The Morgan fingerprint density at radius 2 is 2.00 bits per heavy atom. The van der Waals surface area contributed by atoms with Crippen molar-refractivity contribution in [2.75, 3.05) is 26.2 Å². The third kappa shape index (κ3) is 5.66. The first-order valence-corrected chi connectivity index (χ1v) is 7.53. The minimum Gasteiger partial charge on any atom is -0.312 e. The van der Waals surface area contributed by atoms with Crippen LogP contribution in [0.15, 0.2) is 18.2 Å². The monoisotopic (exact) mass is 340 g/mol. The second kappa shape index (κ2) is 7.18. The molecule has 118 valence electrons. The maximum atomic E-state index is 12.3. The van der Waals surface area contributed by atoms with Crippen molar-refractivity contribution in [2.45, 2.75) is 19.1 Å². The van der Waals surface area contributed by atoms with Gasteiger partial charge in [0.05, 0.1) is 16.6 Å². The van der Waals surface area contributed by atoms with Crippen LogP contribution < -0.4 is 5.32 Å². The Morgan fingerprint density at radius 3 is 2.67 bits per heavy atom.